The van der Waals surface area contributed by atoms with Gasteiger partial charge in [-0.05, 0) is 22.9 Å². The minimum Gasteiger partial charge on any atom is -0.492 e. The van der Waals surface area contributed by atoms with Gasteiger partial charge in [-0.25, -0.2) is 0 Å². The van der Waals surface area contributed by atoms with Crippen LogP contribution in [0.2, 0.25) is 0 Å². The van der Waals surface area contributed by atoms with E-state index in [0.29, 0.717) is 12.5 Å². The predicted octanol–water partition coefficient (Wildman–Crippen LogP) is 4.45. The third-order valence-electron chi connectivity index (χ3n) is 4.57. The van der Waals surface area contributed by atoms with Gasteiger partial charge in [0.1, 0.15) is 17.6 Å². The van der Waals surface area contributed by atoms with Crippen molar-refractivity contribution < 1.29 is 9.47 Å². The molecular formula is C19H14O2. The fourth-order valence-electron chi connectivity index (χ4n) is 3.59. The topological polar surface area (TPSA) is 18.5 Å². The number of rotatable bonds is 0. The first-order chi connectivity index (χ1) is 10.4. The van der Waals surface area contributed by atoms with E-state index in [1.54, 1.807) is 0 Å². The van der Waals surface area contributed by atoms with Gasteiger partial charge in [0.25, 0.3) is 0 Å². The van der Waals surface area contributed by atoms with E-state index in [1.165, 1.54) is 21.9 Å². The highest BCUT2D eigenvalue weighted by Crippen LogP contribution is 2.52. The summed E-state index contributed by atoms with van der Waals surface area (Å²) in [5, 5.41) is 2.47. The van der Waals surface area contributed by atoms with Crippen LogP contribution in [0.5, 0.6) is 11.5 Å². The minimum atomic E-state index is 0.0669. The van der Waals surface area contributed by atoms with Gasteiger partial charge in [-0.3, -0.25) is 0 Å². The maximum absolute atomic E-state index is 6.27. The van der Waals surface area contributed by atoms with Gasteiger partial charge >= 0.3 is 0 Å². The average Bonchev–Trinajstić information content (AvgIpc) is 2.93. The molecule has 0 amide bonds. The van der Waals surface area contributed by atoms with E-state index in [1.807, 2.05) is 6.07 Å². The number of hydrogen-bond donors (Lipinski definition) is 0. The van der Waals surface area contributed by atoms with Crippen molar-refractivity contribution in [1.82, 2.24) is 0 Å². The molecule has 3 aromatic carbocycles. The van der Waals surface area contributed by atoms with Crippen molar-refractivity contribution in [3.63, 3.8) is 0 Å². The Morgan fingerprint density at radius 2 is 1.67 bits per heavy atom. The Bertz CT molecular complexity index is 853. The zero-order valence-corrected chi connectivity index (χ0v) is 11.5. The first-order valence-electron chi connectivity index (χ1n) is 7.32. The molecule has 2 heterocycles. The van der Waals surface area contributed by atoms with Crippen LogP contribution >= 0.6 is 0 Å². The Hall–Kier alpha value is -2.48. The number of hydrogen-bond acceptors (Lipinski definition) is 2. The van der Waals surface area contributed by atoms with Crippen LogP contribution in [-0.4, -0.2) is 6.61 Å². The van der Waals surface area contributed by atoms with Crippen molar-refractivity contribution in [3.8, 4) is 11.5 Å². The van der Waals surface area contributed by atoms with Crippen molar-refractivity contribution in [2.75, 3.05) is 6.61 Å². The largest absolute Gasteiger partial charge is 0.492 e. The summed E-state index contributed by atoms with van der Waals surface area (Å²) in [5.41, 5.74) is 2.46. The van der Waals surface area contributed by atoms with Crippen LogP contribution < -0.4 is 9.47 Å². The average molecular weight is 274 g/mol. The second kappa shape index (κ2) is 4.01. The molecule has 2 aliphatic heterocycles. The molecule has 21 heavy (non-hydrogen) atoms. The van der Waals surface area contributed by atoms with E-state index in [0.717, 1.165) is 11.5 Å². The molecule has 0 unspecified atom stereocenters. The smallest absolute Gasteiger partial charge is 0.138 e. The Balaban J connectivity index is 1.76. The molecule has 0 bridgehead atoms. The molecular weight excluding hydrogens is 260 g/mol. The van der Waals surface area contributed by atoms with Crippen molar-refractivity contribution >= 4 is 10.8 Å². The maximum Gasteiger partial charge on any atom is 0.138 e. The Morgan fingerprint density at radius 1 is 0.810 bits per heavy atom. The van der Waals surface area contributed by atoms with Gasteiger partial charge in [-0.1, -0.05) is 48.5 Å². The molecule has 2 heteroatoms. The molecule has 2 aliphatic rings. The van der Waals surface area contributed by atoms with Crippen molar-refractivity contribution in [3.05, 3.63) is 71.8 Å². The maximum atomic E-state index is 6.27. The fraction of sp³-hybridized carbons (Fsp3) is 0.158. The molecule has 0 fully saturated rings. The van der Waals surface area contributed by atoms with E-state index in [2.05, 4.69) is 54.6 Å². The lowest BCUT2D eigenvalue weighted by molar-refractivity contribution is 0.141. The van der Waals surface area contributed by atoms with E-state index < -0.39 is 0 Å². The molecule has 0 aromatic heterocycles. The summed E-state index contributed by atoms with van der Waals surface area (Å²) in [7, 11) is 0. The van der Waals surface area contributed by atoms with Crippen LogP contribution in [0.25, 0.3) is 10.8 Å². The van der Waals surface area contributed by atoms with Gasteiger partial charge in [-0.15, -0.1) is 0 Å². The van der Waals surface area contributed by atoms with E-state index >= 15 is 0 Å². The standard InChI is InChI=1S/C19H14O2/c1-2-6-13-12(5-1)9-10-17-18(13)19-15(11-20-17)14-7-3-4-8-16(14)21-19/h1-10,15,19H,11H2/t15-,19+/m1/s1. The highest BCUT2D eigenvalue weighted by Gasteiger charge is 2.41. The molecule has 0 saturated carbocycles. The Labute approximate surface area is 122 Å². The van der Waals surface area contributed by atoms with Crippen LogP contribution in [0, 0.1) is 0 Å². The normalized spacial score (nSPS) is 21.9. The molecule has 0 N–H and O–H groups in total. The lowest BCUT2D eigenvalue weighted by Crippen LogP contribution is -2.23. The second-order valence-electron chi connectivity index (χ2n) is 5.69. The van der Waals surface area contributed by atoms with E-state index in [9.17, 15) is 0 Å². The first kappa shape index (κ1) is 11.2. The second-order valence-corrected chi connectivity index (χ2v) is 5.69. The molecule has 0 aliphatic carbocycles. The molecule has 2 nitrogen and oxygen atoms in total. The number of fused-ring (bicyclic) bond motifs is 7. The summed E-state index contributed by atoms with van der Waals surface area (Å²) < 4.78 is 12.3. The SMILES string of the molecule is c1ccc2c(c1)O[C@@H]1c3c(ccc4ccccc34)OC[C@H]21. The van der Waals surface area contributed by atoms with Crippen LogP contribution in [0.3, 0.4) is 0 Å². The molecule has 0 radical (unpaired) electrons. The van der Waals surface area contributed by atoms with Crippen LogP contribution in [0.4, 0.5) is 0 Å². The Kier molecular flexibility index (Phi) is 2.14. The van der Waals surface area contributed by atoms with Crippen LogP contribution in [0.15, 0.2) is 60.7 Å². The molecule has 0 spiro atoms. The zero-order chi connectivity index (χ0) is 13.8. The van der Waals surface area contributed by atoms with Crippen LogP contribution in [-0.2, 0) is 0 Å². The molecule has 5 rings (SSSR count). The summed E-state index contributed by atoms with van der Waals surface area (Å²) >= 11 is 0. The number of ether oxygens (including phenoxy) is 2. The summed E-state index contributed by atoms with van der Waals surface area (Å²) in [4.78, 5) is 0. The van der Waals surface area contributed by atoms with Gasteiger partial charge in [-0.2, -0.15) is 0 Å². The zero-order valence-electron chi connectivity index (χ0n) is 11.5. The summed E-state index contributed by atoms with van der Waals surface area (Å²) in [6.45, 7) is 0.688. The molecule has 102 valence electrons. The van der Waals surface area contributed by atoms with Gasteiger partial charge in [0.15, 0.2) is 0 Å². The van der Waals surface area contributed by atoms with Gasteiger partial charge in [0.05, 0.1) is 12.5 Å². The minimum absolute atomic E-state index is 0.0669. The number of benzene rings is 3. The summed E-state index contributed by atoms with van der Waals surface area (Å²) in [6, 6.07) is 20.9. The lowest BCUT2D eigenvalue weighted by atomic mass is 9.87. The fourth-order valence-corrected chi connectivity index (χ4v) is 3.59. The van der Waals surface area contributed by atoms with Crippen molar-refractivity contribution in [2.24, 2.45) is 0 Å². The highest BCUT2D eigenvalue weighted by molar-refractivity contribution is 5.88. The highest BCUT2D eigenvalue weighted by atomic mass is 16.5. The molecule has 0 saturated heterocycles. The number of para-hydroxylation sites is 1. The van der Waals surface area contributed by atoms with Crippen molar-refractivity contribution in [2.45, 2.75) is 12.0 Å². The van der Waals surface area contributed by atoms with E-state index in [4.69, 9.17) is 9.47 Å². The quantitative estimate of drug-likeness (QED) is 0.603. The van der Waals surface area contributed by atoms with Gasteiger partial charge < -0.3 is 9.47 Å². The summed E-state index contributed by atoms with van der Waals surface area (Å²) in [5.74, 6) is 2.25. The predicted molar refractivity (Wildman–Crippen MR) is 82.0 cm³/mol. The third kappa shape index (κ3) is 1.47. The first-order valence-corrected chi connectivity index (χ1v) is 7.32. The monoisotopic (exact) mass is 274 g/mol. The Morgan fingerprint density at radius 3 is 2.67 bits per heavy atom. The third-order valence-corrected chi connectivity index (χ3v) is 4.57. The summed E-state index contributed by atoms with van der Waals surface area (Å²) in [6.07, 6.45) is 0.0669. The van der Waals surface area contributed by atoms with Crippen molar-refractivity contribution in [1.29, 1.82) is 0 Å². The lowest BCUT2D eigenvalue weighted by Gasteiger charge is -2.29. The van der Waals surface area contributed by atoms with Gasteiger partial charge in [0.2, 0.25) is 0 Å². The molecule has 2 atom stereocenters. The van der Waals surface area contributed by atoms with Crippen LogP contribution in [0.1, 0.15) is 23.1 Å². The molecule has 3 aromatic rings. The van der Waals surface area contributed by atoms with E-state index in [-0.39, 0.29) is 6.10 Å². The van der Waals surface area contributed by atoms with Gasteiger partial charge in [0, 0.05) is 11.1 Å².